The Morgan fingerprint density at radius 2 is 1.44 bits per heavy atom. The van der Waals surface area contributed by atoms with E-state index in [4.69, 9.17) is 26.6 Å². The van der Waals surface area contributed by atoms with Gasteiger partial charge in [-0.2, -0.15) is 15.0 Å². The summed E-state index contributed by atoms with van der Waals surface area (Å²) < 4.78 is 0. The van der Waals surface area contributed by atoms with Gasteiger partial charge in [-0.3, -0.25) is 9.59 Å². The second-order valence-electron chi connectivity index (χ2n) is 11.7. The summed E-state index contributed by atoms with van der Waals surface area (Å²) in [5.74, 6) is -0.0383. The maximum atomic E-state index is 13.3. The first kappa shape index (κ1) is 29.0. The van der Waals surface area contributed by atoms with Crippen LogP contribution in [0.3, 0.4) is 0 Å². The van der Waals surface area contributed by atoms with E-state index in [1.807, 2.05) is 23.1 Å². The molecule has 7 rings (SSSR count). The van der Waals surface area contributed by atoms with E-state index in [1.54, 1.807) is 12.1 Å². The van der Waals surface area contributed by atoms with Gasteiger partial charge >= 0.3 is 5.97 Å². The number of anilines is 6. The van der Waals surface area contributed by atoms with Crippen molar-refractivity contribution in [2.45, 2.75) is 31.6 Å². The lowest BCUT2D eigenvalue weighted by Gasteiger charge is -2.37. The topological polar surface area (TPSA) is 106 Å². The molecule has 1 fully saturated rings. The lowest BCUT2D eigenvalue weighted by Crippen LogP contribution is -2.47. The van der Waals surface area contributed by atoms with Crippen LogP contribution in [-0.2, 0) is 16.0 Å². The van der Waals surface area contributed by atoms with Crippen LogP contribution in [-0.4, -0.2) is 71.1 Å². The van der Waals surface area contributed by atoms with Crippen molar-refractivity contribution in [3.8, 4) is 0 Å². The molecular weight excluding hydrogens is 590 g/mol. The van der Waals surface area contributed by atoms with Crippen molar-refractivity contribution in [1.29, 1.82) is 0 Å². The smallest absolute Gasteiger partial charge is 0.303 e. The highest BCUT2D eigenvalue weighted by Gasteiger charge is 2.37. The number of fused-ring (bicyclic) bond motifs is 2. The Hall–Kier alpha value is -4.70. The number of benzene rings is 3. The summed E-state index contributed by atoms with van der Waals surface area (Å²) in [7, 11) is 0. The largest absolute Gasteiger partial charge is 0.481 e. The fourth-order valence-corrected chi connectivity index (χ4v) is 6.75. The van der Waals surface area contributed by atoms with Crippen LogP contribution in [0.2, 0.25) is 5.02 Å². The van der Waals surface area contributed by atoms with Gasteiger partial charge in [-0.25, -0.2) is 0 Å². The summed E-state index contributed by atoms with van der Waals surface area (Å²) in [6.45, 7) is 4.24. The predicted octanol–water partition coefficient (Wildman–Crippen LogP) is 5.61. The van der Waals surface area contributed by atoms with Crippen LogP contribution in [0, 0.1) is 0 Å². The van der Waals surface area contributed by atoms with Crippen LogP contribution >= 0.6 is 11.6 Å². The zero-order valence-electron chi connectivity index (χ0n) is 24.8. The number of Topliss-reactive ketones (excluding diaryl/α,β-unsaturated/α-hetero) is 1. The van der Waals surface area contributed by atoms with Crippen LogP contribution in [0.4, 0.5) is 34.9 Å². The molecule has 3 aliphatic rings. The maximum Gasteiger partial charge on any atom is 0.303 e. The fourth-order valence-electron chi connectivity index (χ4n) is 6.57. The molecule has 11 heteroatoms. The summed E-state index contributed by atoms with van der Waals surface area (Å²) in [4.78, 5) is 48.4. The molecule has 0 amide bonds. The zero-order chi connectivity index (χ0) is 30.9. The van der Waals surface area contributed by atoms with Crippen LogP contribution in [0.15, 0.2) is 72.8 Å². The van der Waals surface area contributed by atoms with Crippen molar-refractivity contribution < 1.29 is 14.7 Å². The van der Waals surface area contributed by atoms with Crippen molar-refractivity contribution in [2.75, 3.05) is 58.9 Å². The first-order valence-corrected chi connectivity index (χ1v) is 15.8. The van der Waals surface area contributed by atoms with E-state index in [0.717, 1.165) is 62.5 Å². The molecule has 10 nitrogen and oxygen atoms in total. The van der Waals surface area contributed by atoms with Gasteiger partial charge in [-0.15, -0.1) is 0 Å². The van der Waals surface area contributed by atoms with E-state index in [-0.39, 0.29) is 18.6 Å². The number of para-hydroxylation sites is 2. The number of rotatable bonds is 8. The van der Waals surface area contributed by atoms with Crippen molar-refractivity contribution in [2.24, 2.45) is 0 Å². The van der Waals surface area contributed by atoms with Crippen LogP contribution in [0.5, 0.6) is 0 Å². The first-order valence-electron chi connectivity index (χ1n) is 15.4. The third-order valence-corrected chi connectivity index (χ3v) is 9.11. The van der Waals surface area contributed by atoms with Crippen LogP contribution in [0.25, 0.3) is 0 Å². The van der Waals surface area contributed by atoms with E-state index in [9.17, 15) is 14.7 Å². The Kier molecular flexibility index (Phi) is 7.97. The quantitative estimate of drug-likeness (QED) is 0.266. The van der Waals surface area contributed by atoms with Crippen molar-refractivity contribution in [3.63, 3.8) is 0 Å². The van der Waals surface area contributed by atoms with Gasteiger partial charge in [-0.05, 0) is 60.4 Å². The van der Waals surface area contributed by atoms with Gasteiger partial charge in [-0.1, -0.05) is 48.0 Å². The number of nitrogens with zero attached hydrogens (tertiary/aromatic N) is 7. The van der Waals surface area contributed by atoms with Gasteiger partial charge in [0.25, 0.3) is 0 Å². The molecule has 1 unspecified atom stereocenters. The fraction of sp³-hybridized carbons (Fsp3) is 0.324. The minimum Gasteiger partial charge on any atom is -0.481 e. The highest BCUT2D eigenvalue weighted by atomic mass is 35.5. The normalized spacial score (nSPS) is 17.7. The second-order valence-corrected chi connectivity index (χ2v) is 12.1. The monoisotopic (exact) mass is 623 g/mol. The molecule has 230 valence electrons. The molecule has 0 spiro atoms. The van der Waals surface area contributed by atoms with E-state index in [1.165, 1.54) is 11.3 Å². The number of carboxylic acids is 1. The molecule has 4 aromatic rings. The lowest BCUT2D eigenvalue weighted by molar-refractivity contribution is -0.138. The van der Waals surface area contributed by atoms with Crippen LogP contribution < -0.4 is 19.6 Å². The molecule has 45 heavy (non-hydrogen) atoms. The van der Waals surface area contributed by atoms with Gasteiger partial charge in [0.1, 0.15) is 5.78 Å². The average molecular weight is 624 g/mol. The SMILES string of the molecule is O=C(O)CCC(=O)C1CN(c2nc(N3CCN(c4ccccc4)CC3)nc(N3CCCc4ccccc43)n2)c2ccc(Cl)cc21. The first-order chi connectivity index (χ1) is 21.9. The number of aromatic nitrogens is 3. The van der Waals surface area contributed by atoms with E-state index >= 15 is 0 Å². The van der Waals surface area contributed by atoms with Gasteiger partial charge in [0.15, 0.2) is 0 Å². The molecule has 0 aliphatic carbocycles. The van der Waals surface area contributed by atoms with E-state index < -0.39 is 11.9 Å². The molecule has 3 aromatic carbocycles. The molecule has 0 saturated carbocycles. The number of ketones is 1. The third-order valence-electron chi connectivity index (χ3n) is 8.87. The number of aliphatic carboxylic acids is 1. The average Bonchev–Trinajstić information content (AvgIpc) is 3.46. The van der Waals surface area contributed by atoms with E-state index in [0.29, 0.717) is 29.4 Å². The Bertz CT molecular complexity index is 1730. The third kappa shape index (κ3) is 5.90. The maximum absolute atomic E-state index is 13.3. The highest BCUT2D eigenvalue weighted by molar-refractivity contribution is 6.30. The summed E-state index contributed by atoms with van der Waals surface area (Å²) in [5, 5.41) is 9.73. The highest BCUT2D eigenvalue weighted by Crippen LogP contribution is 2.43. The Morgan fingerprint density at radius 3 is 2.22 bits per heavy atom. The number of carboxylic acid groups (broad SMARTS) is 1. The number of aryl methyl sites for hydroxylation is 1. The summed E-state index contributed by atoms with van der Waals surface area (Å²) >= 11 is 6.39. The predicted molar refractivity (Wildman–Crippen MR) is 176 cm³/mol. The molecule has 0 bridgehead atoms. The lowest BCUT2D eigenvalue weighted by atomic mass is 9.94. The van der Waals surface area contributed by atoms with Crippen molar-refractivity contribution >= 4 is 58.3 Å². The number of hydrogen-bond acceptors (Lipinski definition) is 9. The Labute approximate surface area is 266 Å². The van der Waals surface area contributed by atoms with Crippen LogP contribution in [0.1, 0.15) is 36.3 Å². The summed E-state index contributed by atoms with van der Waals surface area (Å²) in [6.07, 6.45) is 1.71. The minimum absolute atomic E-state index is 0.0518. The molecular formula is C34H34ClN7O3. The standard InChI is InChI=1S/C34H34ClN7O3/c35-24-12-13-29-26(21-24)27(30(43)14-15-31(44)45)22-42(29)34-37-32(40-19-17-39(18-20-40)25-9-2-1-3-10-25)36-33(38-34)41-16-6-8-23-7-4-5-11-28(23)41/h1-5,7,9-13,21,27H,6,8,14-20,22H2,(H,44,45). The van der Waals surface area contributed by atoms with Gasteiger partial charge in [0.05, 0.1) is 12.3 Å². The Morgan fingerprint density at radius 1 is 0.756 bits per heavy atom. The zero-order valence-corrected chi connectivity index (χ0v) is 25.6. The number of carbonyl (C=O) groups excluding carboxylic acids is 1. The van der Waals surface area contributed by atoms with E-state index in [2.05, 4.69) is 57.2 Å². The summed E-state index contributed by atoms with van der Waals surface area (Å²) in [5.41, 5.74) is 5.11. The number of carbonyl (C=O) groups is 2. The van der Waals surface area contributed by atoms with Crippen molar-refractivity contribution in [3.05, 3.63) is 88.9 Å². The second kappa shape index (κ2) is 12.4. The summed E-state index contributed by atoms with van der Waals surface area (Å²) in [6, 6.07) is 24.3. The molecule has 1 aromatic heterocycles. The Balaban J connectivity index is 1.26. The molecule has 0 radical (unpaired) electrons. The molecule has 4 heterocycles. The molecule has 3 aliphatic heterocycles. The number of halogens is 1. The van der Waals surface area contributed by atoms with Crippen molar-refractivity contribution in [1.82, 2.24) is 15.0 Å². The molecule has 1 atom stereocenters. The molecule has 1 saturated heterocycles. The van der Waals surface area contributed by atoms with Gasteiger partial charge in [0.2, 0.25) is 17.8 Å². The van der Waals surface area contributed by atoms with Gasteiger partial charge in [0, 0.05) is 67.8 Å². The number of hydrogen-bond donors (Lipinski definition) is 1. The number of piperazine rings is 1. The molecule has 1 N–H and O–H groups in total. The van der Waals surface area contributed by atoms with Gasteiger partial charge < -0.3 is 24.7 Å². The minimum atomic E-state index is -0.995.